The first-order valence-corrected chi connectivity index (χ1v) is 7.06. The predicted molar refractivity (Wildman–Crippen MR) is 78.0 cm³/mol. The van der Waals surface area contributed by atoms with Gasteiger partial charge in [0.2, 0.25) is 0 Å². The molecule has 0 bridgehead atoms. The van der Waals surface area contributed by atoms with Crippen molar-refractivity contribution in [2.45, 2.75) is 45.2 Å². The maximum absolute atomic E-state index is 3.69. The van der Waals surface area contributed by atoms with Gasteiger partial charge in [-0.15, -0.1) is 0 Å². The number of piperidine rings is 1. The highest BCUT2D eigenvalue weighted by Crippen LogP contribution is 2.28. The van der Waals surface area contributed by atoms with Crippen LogP contribution in [0.1, 0.15) is 42.0 Å². The van der Waals surface area contributed by atoms with Crippen molar-refractivity contribution in [2.24, 2.45) is 0 Å². The molecule has 2 heteroatoms. The van der Waals surface area contributed by atoms with E-state index in [0.717, 1.165) is 0 Å². The average Bonchev–Trinajstić information content (AvgIpc) is 2.35. The van der Waals surface area contributed by atoms with Gasteiger partial charge in [-0.05, 0) is 64.0 Å². The maximum Gasteiger partial charge on any atom is 0.0496 e. The second-order valence-electron chi connectivity index (χ2n) is 5.81. The molecule has 0 radical (unpaired) electrons. The Morgan fingerprint density at radius 3 is 2.50 bits per heavy atom. The lowest BCUT2D eigenvalue weighted by Crippen LogP contribution is -2.44. The van der Waals surface area contributed by atoms with Gasteiger partial charge in [0.25, 0.3) is 0 Å². The summed E-state index contributed by atoms with van der Waals surface area (Å²) >= 11 is 0. The predicted octanol–water partition coefficient (Wildman–Crippen LogP) is 3.05. The van der Waals surface area contributed by atoms with Crippen molar-refractivity contribution in [3.05, 3.63) is 34.9 Å². The van der Waals surface area contributed by atoms with E-state index in [1.807, 2.05) is 0 Å². The molecule has 100 valence electrons. The summed E-state index contributed by atoms with van der Waals surface area (Å²) in [6.45, 7) is 5.56. The zero-order valence-corrected chi connectivity index (χ0v) is 12.2. The maximum atomic E-state index is 3.69. The molecule has 0 aromatic heterocycles. The van der Waals surface area contributed by atoms with Crippen LogP contribution in [0.2, 0.25) is 0 Å². The molecule has 1 heterocycles. The number of likely N-dealkylation sites (N-methyl/N-ethyl adjacent to an activating group) is 1. The van der Waals surface area contributed by atoms with Crippen LogP contribution in [-0.4, -0.2) is 31.6 Å². The summed E-state index contributed by atoms with van der Waals surface area (Å²) in [6.07, 6.45) is 3.96. The number of nitrogens with zero attached hydrogens (tertiary/aromatic N) is 1. The highest BCUT2D eigenvalue weighted by molar-refractivity contribution is 5.32. The van der Waals surface area contributed by atoms with Crippen molar-refractivity contribution in [3.8, 4) is 0 Å². The summed E-state index contributed by atoms with van der Waals surface area (Å²) in [7, 11) is 4.38. The molecule has 0 saturated carbocycles. The average molecular weight is 246 g/mol. The molecule has 1 aromatic rings. The van der Waals surface area contributed by atoms with E-state index in [4.69, 9.17) is 0 Å². The molecule has 2 atom stereocenters. The topological polar surface area (TPSA) is 15.3 Å². The number of hydrogen-bond donors (Lipinski definition) is 1. The van der Waals surface area contributed by atoms with Crippen LogP contribution in [-0.2, 0) is 0 Å². The SMILES string of the molecule is Cc1ccc(C(C2CCCCN2)N(C)C)cc1C. The van der Waals surface area contributed by atoms with Gasteiger partial charge in [-0.25, -0.2) is 0 Å². The Bertz CT molecular complexity index is 392. The Labute approximate surface area is 111 Å². The zero-order chi connectivity index (χ0) is 13.1. The molecule has 0 amide bonds. The van der Waals surface area contributed by atoms with E-state index >= 15 is 0 Å². The molecule has 1 aliphatic rings. The standard InChI is InChI=1S/C16H26N2/c1-12-8-9-14(11-13(12)2)16(18(3)4)15-7-5-6-10-17-15/h8-9,11,15-17H,5-7,10H2,1-4H3. The van der Waals surface area contributed by atoms with E-state index in [-0.39, 0.29) is 0 Å². The minimum absolute atomic E-state index is 0.490. The number of aryl methyl sites for hydroxylation is 2. The summed E-state index contributed by atoms with van der Waals surface area (Å²) < 4.78 is 0. The van der Waals surface area contributed by atoms with Crippen LogP contribution in [0.4, 0.5) is 0 Å². The van der Waals surface area contributed by atoms with Gasteiger partial charge in [-0.1, -0.05) is 24.6 Å². The van der Waals surface area contributed by atoms with Crippen molar-refractivity contribution >= 4 is 0 Å². The van der Waals surface area contributed by atoms with Gasteiger partial charge in [0.15, 0.2) is 0 Å². The molecule has 1 N–H and O–H groups in total. The Hall–Kier alpha value is -0.860. The minimum atomic E-state index is 0.490. The summed E-state index contributed by atoms with van der Waals surface area (Å²) in [6, 6.07) is 7.99. The van der Waals surface area contributed by atoms with Crippen LogP contribution in [0.3, 0.4) is 0 Å². The van der Waals surface area contributed by atoms with Crippen LogP contribution in [0, 0.1) is 13.8 Å². The van der Waals surface area contributed by atoms with E-state index in [0.29, 0.717) is 12.1 Å². The summed E-state index contributed by atoms with van der Waals surface area (Å²) in [5.74, 6) is 0. The molecule has 2 unspecified atom stereocenters. The lowest BCUT2D eigenvalue weighted by Gasteiger charge is -2.36. The second-order valence-corrected chi connectivity index (χ2v) is 5.81. The summed E-state index contributed by atoms with van der Waals surface area (Å²) in [5, 5.41) is 3.69. The van der Waals surface area contributed by atoms with Crippen LogP contribution < -0.4 is 5.32 Å². The number of benzene rings is 1. The van der Waals surface area contributed by atoms with Gasteiger partial charge in [0.1, 0.15) is 0 Å². The smallest absolute Gasteiger partial charge is 0.0496 e. The Morgan fingerprint density at radius 1 is 1.17 bits per heavy atom. The van der Waals surface area contributed by atoms with Crippen LogP contribution in [0.25, 0.3) is 0 Å². The largest absolute Gasteiger partial charge is 0.312 e. The van der Waals surface area contributed by atoms with E-state index in [1.54, 1.807) is 0 Å². The molecule has 1 saturated heterocycles. The highest BCUT2D eigenvalue weighted by Gasteiger charge is 2.26. The monoisotopic (exact) mass is 246 g/mol. The first-order chi connectivity index (χ1) is 8.59. The number of rotatable bonds is 3. The van der Waals surface area contributed by atoms with Gasteiger partial charge < -0.3 is 10.2 Å². The molecular weight excluding hydrogens is 220 g/mol. The van der Waals surface area contributed by atoms with Crippen molar-refractivity contribution in [2.75, 3.05) is 20.6 Å². The third-order valence-corrected chi connectivity index (χ3v) is 4.16. The number of nitrogens with one attached hydrogen (secondary N) is 1. The summed E-state index contributed by atoms with van der Waals surface area (Å²) in [5.41, 5.74) is 4.23. The van der Waals surface area contributed by atoms with Gasteiger partial charge in [-0.3, -0.25) is 0 Å². The van der Waals surface area contributed by atoms with Gasteiger partial charge in [-0.2, -0.15) is 0 Å². The quantitative estimate of drug-likeness (QED) is 0.882. The van der Waals surface area contributed by atoms with Crippen molar-refractivity contribution < 1.29 is 0 Å². The molecule has 1 aliphatic heterocycles. The van der Waals surface area contributed by atoms with E-state index in [2.05, 4.69) is 56.4 Å². The van der Waals surface area contributed by atoms with Crippen molar-refractivity contribution in [1.82, 2.24) is 10.2 Å². The first-order valence-electron chi connectivity index (χ1n) is 7.06. The molecule has 2 rings (SSSR count). The van der Waals surface area contributed by atoms with E-state index in [1.165, 1.54) is 42.5 Å². The van der Waals surface area contributed by atoms with E-state index < -0.39 is 0 Å². The van der Waals surface area contributed by atoms with Gasteiger partial charge in [0.05, 0.1) is 0 Å². The highest BCUT2D eigenvalue weighted by atomic mass is 15.1. The fourth-order valence-electron chi connectivity index (χ4n) is 2.99. The third-order valence-electron chi connectivity index (χ3n) is 4.16. The molecule has 18 heavy (non-hydrogen) atoms. The van der Waals surface area contributed by atoms with Crippen LogP contribution in [0.15, 0.2) is 18.2 Å². The Morgan fingerprint density at radius 2 is 1.94 bits per heavy atom. The van der Waals surface area contributed by atoms with Gasteiger partial charge >= 0.3 is 0 Å². The van der Waals surface area contributed by atoms with Crippen LogP contribution >= 0.6 is 0 Å². The Kier molecular flexibility index (Phi) is 4.41. The second kappa shape index (κ2) is 5.85. The van der Waals surface area contributed by atoms with Crippen LogP contribution in [0.5, 0.6) is 0 Å². The van der Waals surface area contributed by atoms with E-state index in [9.17, 15) is 0 Å². The fourth-order valence-corrected chi connectivity index (χ4v) is 2.99. The van der Waals surface area contributed by atoms with Crippen molar-refractivity contribution in [3.63, 3.8) is 0 Å². The lowest BCUT2D eigenvalue weighted by molar-refractivity contribution is 0.205. The lowest BCUT2D eigenvalue weighted by atomic mass is 9.90. The Balaban J connectivity index is 2.25. The molecule has 2 nitrogen and oxygen atoms in total. The minimum Gasteiger partial charge on any atom is -0.312 e. The normalized spacial score (nSPS) is 22.2. The molecule has 1 fully saturated rings. The number of hydrogen-bond acceptors (Lipinski definition) is 2. The summed E-state index contributed by atoms with van der Waals surface area (Å²) in [4.78, 5) is 2.35. The molecule has 0 aliphatic carbocycles. The van der Waals surface area contributed by atoms with Gasteiger partial charge in [0, 0.05) is 12.1 Å². The molecule has 1 aromatic carbocycles. The first kappa shape index (κ1) is 13.6. The zero-order valence-electron chi connectivity index (χ0n) is 12.2. The fraction of sp³-hybridized carbons (Fsp3) is 0.625. The molecule has 0 spiro atoms. The van der Waals surface area contributed by atoms with Crippen molar-refractivity contribution in [1.29, 1.82) is 0 Å². The third kappa shape index (κ3) is 2.93. The molecular formula is C16H26N2.